The van der Waals surface area contributed by atoms with E-state index in [1.807, 2.05) is 0 Å². The Kier molecular flexibility index (Phi) is 3.60. The third kappa shape index (κ3) is 2.69. The van der Waals surface area contributed by atoms with Crippen LogP contribution in [0, 0.1) is 0 Å². The number of nitrogens with one attached hydrogen (secondary N) is 1. The molecule has 0 radical (unpaired) electrons. The van der Waals surface area contributed by atoms with Gasteiger partial charge in [0.15, 0.2) is 0 Å². The Bertz CT molecular complexity index is 126. The van der Waals surface area contributed by atoms with E-state index in [2.05, 4.69) is 5.32 Å². The average molecular weight is 121 g/mol. The molecule has 1 fully saturated rings. The van der Waals surface area contributed by atoms with Crippen molar-refractivity contribution in [3.05, 3.63) is 0 Å². The number of rotatable bonds is 0. The summed E-state index contributed by atoms with van der Waals surface area (Å²) in [5.41, 5.74) is 0. The molecule has 1 saturated heterocycles. The molecule has 0 saturated carbocycles. The maximum Gasteiger partial charge on any atom is 1.00 e. The summed E-state index contributed by atoms with van der Waals surface area (Å²) in [6.45, 7) is 0. The van der Waals surface area contributed by atoms with Crippen molar-refractivity contribution in [2.24, 2.45) is 0 Å². The fourth-order valence-corrected chi connectivity index (χ4v) is 0.690. The van der Waals surface area contributed by atoms with Crippen molar-refractivity contribution in [3.63, 3.8) is 0 Å². The Morgan fingerprint density at radius 3 is 1.89 bits per heavy atom. The third-order valence-electron chi connectivity index (χ3n) is 1.09. The van der Waals surface area contributed by atoms with Crippen LogP contribution in [0.4, 0.5) is 0 Å². The molecule has 4 heteroatoms. The Hall–Kier alpha value is -0.263. The van der Waals surface area contributed by atoms with Gasteiger partial charge in [0.2, 0.25) is 11.8 Å². The summed E-state index contributed by atoms with van der Waals surface area (Å²) >= 11 is 0. The molecule has 1 aliphatic heterocycles. The van der Waals surface area contributed by atoms with Gasteiger partial charge >= 0.3 is 18.9 Å². The number of hydrogen-bond acceptors (Lipinski definition) is 2. The second-order valence-electron chi connectivity index (χ2n) is 1.82. The Balaban J connectivity index is 0. The molecule has 9 heavy (non-hydrogen) atoms. The standard InChI is InChI=1S/C5H7NO2.Li.H/c7-4-2-1-3-5(8)6-4;;/h1-3H2,(H,6,7,8);;/q;+1;-1. The van der Waals surface area contributed by atoms with E-state index in [0.717, 1.165) is 0 Å². The molecule has 0 bridgehead atoms. The van der Waals surface area contributed by atoms with Gasteiger partial charge in [-0.25, -0.2) is 0 Å². The van der Waals surface area contributed by atoms with Crippen LogP contribution < -0.4 is 24.2 Å². The summed E-state index contributed by atoms with van der Waals surface area (Å²) in [6.07, 6.45) is 1.72. The number of hydrogen-bond donors (Lipinski definition) is 1. The fraction of sp³-hybridized carbons (Fsp3) is 0.600. The zero-order valence-electron chi connectivity index (χ0n) is 6.44. The summed E-state index contributed by atoms with van der Waals surface area (Å²) in [6, 6.07) is 0. The minimum atomic E-state index is -0.138. The van der Waals surface area contributed by atoms with Gasteiger partial charge in [-0.3, -0.25) is 14.9 Å². The van der Waals surface area contributed by atoms with Crippen LogP contribution in [-0.2, 0) is 9.59 Å². The molecule has 0 aromatic carbocycles. The molecule has 2 amide bonds. The number of carbonyl (C=O) groups excluding carboxylic acids is 2. The molecule has 1 heterocycles. The van der Waals surface area contributed by atoms with E-state index in [-0.39, 0.29) is 32.1 Å². The van der Waals surface area contributed by atoms with Gasteiger partial charge < -0.3 is 1.43 Å². The minimum Gasteiger partial charge on any atom is -1.00 e. The first-order valence-corrected chi connectivity index (χ1v) is 2.62. The maximum atomic E-state index is 10.3. The van der Waals surface area contributed by atoms with Crippen LogP contribution >= 0.6 is 0 Å². The predicted octanol–water partition coefficient (Wildman–Crippen LogP) is -3.07. The topological polar surface area (TPSA) is 46.2 Å². The Morgan fingerprint density at radius 1 is 1.22 bits per heavy atom. The smallest absolute Gasteiger partial charge is 1.00 e. The molecule has 0 atom stereocenters. The molecule has 0 aliphatic carbocycles. The summed E-state index contributed by atoms with van der Waals surface area (Å²) in [4.78, 5) is 20.7. The Morgan fingerprint density at radius 2 is 1.67 bits per heavy atom. The van der Waals surface area contributed by atoms with Crippen LogP contribution in [0.2, 0.25) is 0 Å². The Labute approximate surface area is 66.8 Å². The van der Waals surface area contributed by atoms with Gasteiger partial charge in [0, 0.05) is 12.8 Å². The minimum absolute atomic E-state index is 0. The van der Waals surface area contributed by atoms with Gasteiger partial charge in [0.25, 0.3) is 0 Å². The van der Waals surface area contributed by atoms with Crippen molar-refractivity contribution in [2.45, 2.75) is 19.3 Å². The summed E-state index contributed by atoms with van der Waals surface area (Å²) in [5, 5.41) is 2.20. The van der Waals surface area contributed by atoms with Gasteiger partial charge in [0.1, 0.15) is 0 Å². The molecule has 0 unspecified atom stereocenters. The first-order valence-electron chi connectivity index (χ1n) is 2.62. The molecule has 1 N–H and O–H groups in total. The van der Waals surface area contributed by atoms with E-state index < -0.39 is 0 Å². The quantitative estimate of drug-likeness (QED) is 0.273. The maximum absolute atomic E-state index is 10.3. The van der Waals surface area contributed by atoms with Crippen molar-refractivity contribution in [2.75, 3.05) is 0 Å². The molecule has 0 aromatic heterocycles. The molecule has 46 valence electrons. The van der Waals surface area contributed by atoms with Crippen LogP contribution in [0.3, 0.4) is 0 Å². The summed E-state index contributed by atoms with van der Waals surface area (Å²) in [7, 11) is 0. The van der Waals surface area contributed by atoms with Crippen molar-refractivity contribution >= 4 is 11.8 Å². The number of amides is 2. The van der Waals surface area contributed by atoms with Gasteiger partial charge in [-0.2, -0.15) is 0 Å². The van der Waals surface area contributed by atoms with Crippen LogP contribution in [0.1, 0.15) is 20.7 Å². The summed E-state index contributed by atoms with van der Waals surface area (Å²) in [5.74, 6) is -0.275. The van der Waals surface area contributed by atoms with Crippen LogP contribution in [0.15, 0.2) is 0 Å². The third-order valence-corrected chi connectivity index (χ3v) is 1.09. The molecule has 1 rings (SSSR count). The van der Waals surface area contributed by atoms with Crippen LogP contribution in [-0.4, -0.2) is 11.8 Å². The molecule has 0 spiro atoms. The average Bonchev–Trinajstić information content (AvgIpc) is 1.64. The zero-order valence-corrected chi connectivity index (χ0v) is 5.44. The number of piperidine rings is 1. The van der Waals surface area contributed by atoms with E-state index in [9.17, 15) is 9.59 Å². The van der Waals surface area contributed by atoms with Crippen molar-refractivity contribution < 1.29 is 29.9 Å². The van der Waals surface area contributed by atoms with E-state index in [0.29, 0.717) is 19.3 Å². The van der Waals surface area contributed by atoms with E-state index >= 15 is 0 Å². The molecule has 1 aliphatic rings. The second kappa shape index (κ2) is 3.70. The van der Waals surface area contributed by atoms with Crippen molar-refractivity contribution in [1.82, 2.24) is 5.32 Å². The molecule has 3 nitrogen and oxygen atoms in total. The second-order valence-corrected chi connectivity index (χ2v) is 1.82. The normalized spacial score (nSPS) is 18.2. The molecular formula is C5H8LiNO2. The van der Waals surface area contributed by atoms with Crippen molar-refractivity contribution in [1.29, 1.82) is 0 Å². The van der Waals surface area contributed by atoms with E-state index in [4.69, 9.17) is 0 Å². The number of imide groups is 1. The summed E-state index contributed by atoms with van der Waals surface area (Å²) < 4.78 is 0. The monoisotopic (exact) mass is 121 g/mol. The van der Waals surface area contributed by atoms with Gasteiger partial charge in [-0.05, 0) is 6.42 Å². The van der Waals surface area contributed by atoms with Crippen LogP contribution in [0.25, 0.3) is 0 Å². The SMILES string of the molecule is O=C1CCCC(=O)N1.[H-].[Li+]. The first kappa shape index (κ1) is 8.74. The van der Waals surface area contributed by atoms with E-state index in [1.54, 1.807) is 0 Å². The van der Waals surface area contributed by atoms with E-state index in [1.165, 1.54) is 0 Å². The van der Waals surface area contributed by atoms with Gasteiger partial charge in [0.05, 0.1) is 0 Å². The number of carbonyl (C=O) groups is 2. The zero-order chi connectivity index (χ0) is 5.98. The fourth-order valence-electron chi connectivity index (χ4n) is 0.690. The molecular weight excluding hydrogens is 113 g/mol. The largest absolute Gasteiger partial charge is 1.00 e. The van der Waals surface area contributed by atoms with Crippen LogP contribution in [0.5, 0.6) is 0 Å². The van der Waals surface area contributed by atoms with Crippen molar-refractivity contribution in [3.8, 4) is 0 Å². The molecule has 0 aromatic rings. The van der Waals surface area contributed by atoms with Gasteiger partial charge in [-0.1, -0.05) is 0 Å². The first-order chi connectivity index (χ1) is 3.79. The predicted molar refractivity (Wildman–Crippen MR) is 28.1 cm³/mol. The van der Waals surface area contributed by atoms with Gasteiger partial charge in [-0.15, -0.1) is 0 Å².